The highest BCUT2D eigenvalue weighted by Gasteiger charge is 2.30. The number of rotatable bonds is 5. The Bertz CT molecular complexity index is 454. The fourth-order valence-electron chi connectivity index (χ4n) is 3.11. The Kier molecular flexibility index (Phi) is 5.18. The zero-order valence-electron chi connectivity index (χ0n) is 12.9. The van der Waals surface area contributed by atoms with Crippen LogP contribution in [0.4, 0.5) is 5.69 Å². The number of nitrogens with zero attached hydrogens (tertiary/aromatic N) is 1. The first-order valence-corrected chi connectivity index (χ1v) is 7.86. The van der Waals surface area contributed by atoms with Gasteiger partial charge in [-0.05, 0) is 37.4 Å². The molecule has 3 nitrogen and oxygen atoms in total. The minimum atomic E-state index is 0.152. The fraction of sp³-hybridized carbons (Fsp3) is 0.588. The van der Waals surface area contributed by atoms with E-state index in [0.29, 0.717) is 6.04 Å². The van der Waals surface area contributed by atoms with Crippen molar-refractivity contribution in [2.75, 3.05) is 18.0 Å². The van der Waals surface area contributed by atoms with Crippen molar-refractivity contribution in [3.8, 4) is 0 Å². The molecule has 0 saturated carbocycles. The zero-order valence-corrected chi connectivity index (χ0v) is 12.9. The highest BCUT2D eigenvalue weighted by Crippen LogP contribution is 2.34. The molecule has 1 aliphatic heterocycles. The number of carbonyl (C=O) groups is 1. The van der Waals surface area contributed by atoms with Crippen LogP contribution in [0.2, 0.25) is 0 Å². The van der Waals surface area contributed by atoms with Crippen LogP contribution >= 0.6 is 0 Å². The van der Waals surface area contributed by atoms with Crippen LogP contribution in [0.5, 0.6) is 0 Å². The first kappa shape index (κ1) is 15.0. The summed E-state index contributed by atoms with van der Waals surface area (Å²) in [5.41, 5.74) is 2.36. The lowest BCUT2D eigenvalue weighted by atomic mass is 9.93. The summed E-state index contributed by atoms with van der Waals surface area (Å²) in [6, 6.07) is 8.70. The summed E-state index contributed by atoms with van der Waals surface area (Å²) in [5.74, 6) is 0.441. The van der Waals surface area contributed by atoms with Crippen LogP contribution < -0.4 is 10.2 Å². The average molecular weight is 274 g/mol. The van der Waals surface area contributed by atoms with Crippen molar-refractivity contribution in [2.24, 2.45) is 5.92 Å². The number of benzene rings is 1. The number of carbonyl (C=O) groups excluding carboxylic acids is 1. The van der Waals surface area contributed by atoms with E-state index in [-0.39, 0.29) is 11.8 Å². The van der Waals surface area contributed by atoms with Crippen molar-refractivity contribution in [1.29, 1.82) is 0 Å². The van der Waals surface area contributed by atoms with E-state index >= 15 is 0 Å². The number of hydrogen-bond acceptors (Lipinski definition) is 2. The topological polar surface area (TPSA) is 32.3 Å². The van der Waals surface area contributed by atoms with E-state index in [1.54, 1.807) is 0 Å². The molecule has 1 amide bonds. The Balaban J connectivity index is 2.29. The van der Waals surface area contributed by atoms with Crippen molar-refractivity contribution < 1.29 is 4.79 Å². The second kappa shape index (κ2) is 6.89. The van der Waals surface area contributed by atoms with E-state index in [0.717, 1.165) is 38.0 Å². The fourth-order valence-corrected chi connectivity index (χ4v) is 3.11. The summed E-state index contributed by atoms with van der Waals surface area (Å²) in [6.45, 7) is 8.11. The molecule has 1 atom stereocenters. The van der Waals surface area contributed by atoms with Gasteiger partial charge in [0.25, 0.3) is 0 Å². The van der Waals surface area contributed by atoms with Crippen LogP contribution in [-0.2, 0) is 4.79 Å². The molecule has 20 heavy (non-hydrogen) atoms. The maximum atomic E-state index is 12.7. The molecular formula is C17H26N2O. The summed E-state index contributed by atoms with van der Waals surface area (Å²) in [5, 5.41) is 3.52. The lowest BCUT2D eigenvalue weighted by Gasteiger charge is -2.36. The lowest BCUT2D eigenvalue weighted by molar-refractivity contribution is -0.122. The Morgan fingerprint density at radius 1 is 1.30 bits per heavy atom. The van der Waals surface area contributed by atoms with Crippen molar-refractivity contribution in [1.82, 2.24) is 5.32 Å². The molecule has 0 aromatic heterocycles. The first-order chi connectivity index (χ1) is 9.72. The van der Waals surface area contributed by atoms with Gasteiger partial charge in [0.2, 0.25) is 5.91 Å². The molecule has 0 aliphatic carbocycles. The summed E-state index contributed by atoms with van der Waals surface area (Å²) in [7, 11) is 0. The van der Waals surface area contributed by atoms with Crippen molar-refractivity contribution in [3.05, 3.63) is 29.8 Å². The average Bonchev–Trinajstić information content (AvgIpc) is 2.49. The summed E-state index contributed by atoms with van der Waals surface area (Å²) >= 11 is 0. The van der Waals surface area contributed by atoms with Gasteiger partial charge in [-0.1, -0.05) is 39.0 Å². The maximum absolute atomic E-state index is 12.7. The quantitative estimate of drug-likeness (QED) is 0.891. The number of hydrogen-bond donors (Lipinski definition) is 1. The van der Waals surface area contributed by atoms with Crippen LogP contribution in [-0.4, -0.2) is 19.0 Å². The first-order valence-electron chi connectivity index (χ1n) is 7.86. The van der Waals surface area contributed by atoms with Gasteiger partial charge in [0.05, 0.1) is 0 Å². The maximum Gasteiger partial charge on any atom is 0.230 e. The van der Waals surface area contributed by atoms with E-state index in [1.165, 1.54) is 5.56 Å². The third-order valence-electron chi connectivity index (χ3n) is 4.30. The molecule has 1 aliphatic rings. The molecule has 0 radical (unpaired) electrons. The molecule has 1 heterocycles. The standard InChI is InChI=1S/C17H26N2O/c1-4-13(5-2)17(20)19-12-11-15(18-6-3)14-9-7-8-10-16(14)19/h7-10,13,15,18H,4-6,11-12H2,1-3H3. The molecule has 1 unspecified atom stereocenters. The summed E-state index contributed by atoms with van der Waals surface area (Å²) in [6.07, 6.45) is 2.84. The molecule has 1 aromatic rings. The van der Waals surface area contributed by atoms with Gasteiger partial charge in [0, 0.05) is 24.2 Å². The van der Waals surface area contributed by atoms with Gasteiger partial charge in [-0.3, -0.25) is 4.79 Å². The second-order valence-electron chi connectivity index (χ2n) is 5.46. The predicted octanol–water partition coefficient (Wildman–Crippen LogP) is 3.51. The number of fused-ring (bicyclic) bond motifs is 1. The highest BCUT2D eigenvalue weighted by atomic mass is 16.2. The molecule has 2 rings (SSSR count). The molecule has 0 bridgehead atoms. The molecule has 1 aromatic carbocycles. The normalized spacial score (nSPS) is 18.2. The largest absolute Gasteiger partial charge is 0.312 e. The van der Waals surface area contributed by atoms with Gasteiger partial charge in [0.1, 0.15) is 0 Å². The minimum Gasteiger partial charge on any atom is -0.312 e. The van der Waals surface area contributed by atoms with Crippen molar-refractivity contribution in [3.63, 3.8) is 0 Å². The summed E-state index contributed by atoms with van der Waals surface area (Å²) in [4.78, 5) is 14.7. The third-order valence-corrected chi connectivity index (χ3v) is 4.30. The SMILES string of the molecule is CCNC1CCN(C(=O)C(CC)CC)c2ccccc21. The Morgan fingerprint density at radius 3 is 2.65 bits per heavy atom. The monoisotopic (exact) mass is 274 g/mol. The number of nitrogens with one attached hydrogen (secondary N) is 1. The van der Waals surface area contributed by atoms with Gasteiger partial charge in [-0.2, -0.15) is 0 Å². The van der Waals surface area contributed by atoms with Gasteiger partial charge in [0.15, 0.2) is 0 Å². The lowest BCUT2D eigenvalue weighted by Crippen LogP contribution is -2.42. The molecule has 1 N–H and O–H groups in total. The highest BCUT2D eigenvalue weighted by molar-refractivity contribution is 5.96. The second-order valence-corrected chi connectivity index (χ2v) is 5.46. The number of amides is 1. The number of para-hydroxylation sites is 1. The third kappa shape index (κ3) is 2.88. The molecule has 0 saturated heterocycles. The van der Waals surface area contributed by atoms with E-state index in [9.17, 15) is 4.79 Å². The van der Waals surface area contributed by atoms with Crippen LogP contribution in [0.1, 0.15) is 51.6 Å². The smallest absolute Gasteiger partial charge is 0.230 e. The Labute approximate surface area is 122 Å². The van der Waals surface area contributed by atoms with Crippen LogP contribution in [0.15, 0.2) is 24.3 Å². The van der Waals surface area contributed by atoms with Crippen LogP contribution in [0.25, 0.3) is 0 Å². The Hall–Kier alpha value is -1.35. The van der Waals surface area contributed by atoms with E-state index in [1.807, 2.05) is 11.0 Å². The van der Waals surface area contributed by atoms with E-state index in [2.05, 4.69) is 44.3 Å². The summed E-state index contributed by atoms with van der Waals surface area (Å²) < 4.78 is 0. The van der Waals surface area contributed by atoms with E-state index < -0.39 is 0 Å². The molecule has 3 heteroatoms. The molecular weight excluding hydrogens is 248 g/mol. The van der Waals surface area contributed by atoms with Crippen LogP contribution in [0, 0.1) is 5.92 Å². The predicted molar refractivity (Wildman–Crippen MR) is 83.9 cm³/mol. The molecule has 0 spiro atoms. The van der Waals surface area contributed by atoms with Gasteiger partial charge < -0.3 is 10.2 Å². The molecule has 110 valence electrons. The Morgan fingerprint density at radius 2 is 2.00 bits per heavy atom. The van der Waals surface area contributed by atoms with Crippen molar-refractivity contribution in [2.45, 2.75) is 46.1 Å². The van der Waals surface area contributed by atoms with Gasteiger partial charge in [-0.15, -0.1) is 0 Å². The number of anilines is 1. The zero-order chi connectivity index (χ0) is 14.5. The van der Waals surface area contributed by atoms with Gasteiger partial charge >= 0.3 is 0 Å². The van der Waals surface area contributed by atoms with Crippen molar-refractivity contribution >= 4 is 11.6 Å². The van der Waals surface area contributed by atoms with Gasteiger partial charge in [-0.25, -0.2) is 0 Å². The van der Waals surface area contributed by atoms with E-state index in [4.69, 9.17) is 0 Å². The van der Waals surface area contributed by atoms with Crippen LogP contribution in [0.3, 0.4) is 0 Å². The minimum absolute atomic E-state index is 0.152. The molecule has 0 fully saturated rings.